The summed E-state index contributed by atoms with van der Waals surface area (Å²) in [4.78, 5) is 23.8. The number of anilines is 2. The minimum Gasteiger partial charge on any atom is -0.351 e. The number of carbonyl (C=O) groups excluding carboxylic acids is 2. The first kappa shape index (κ1) is 22.3. The third-order valence-electron chi connectivity index (χ3n) is 4.22. The quantitative estimate of drug-likeness (QED) is 0.177. The molecule has 0 aliphatic heterocycles. The Kier molecular flexibility index (Phi) is 9.61. The van der Waals surface area contributed by atoms with Crippen LogP contribution in [0.3, 0.4) is 0 Å². The number of carbonyl (C=O) groups is 2. The molecule has 0 saturated carbocycles. The van der Waals surface area contributed by atoms with Gasteiger partial charge in [-0.1, -0.05) is 49.2 Å². The molecule has 0 heterocycles. The van der Waals surface area contributed by atoms with Crippen molar-refractivity contribution < 1.29 is 14.8 Å². The van der Waals surface area contributed by atoms with E-state index in [1.807, 2.05) is 60.7 Å². The van der Waals surface area contributed by atoms with E-state index in [-0.39, 0.29) is 5.91 Å². The summed E-state index contributed by atoms with van der Waals surface area (Å²) in [6.07, 6.45) is 3.07. The molecule has 0 aliphatic carbocycles. The minimum absolute atomic E-state index is 0.0350. The van der Waals surface area contributed by atoms with E-state index in [0.29, 0.717) is 30.8 Å². The second kappa shape index (κ2) is 12.5. The maximum Gasteiger partial charge on any atom is 0.265 e. The third kappa shape index (κ3) is 8.71. The molecule has 2 amide bonds. The van der Waals surface area contributed by atoms with Crippen molar-refractivity contribution in [2.45, 2.75) is 38.1 Å². The Balaban J connectivity index is 1.69. The molecule has 154 valence electrons. The largest absolute Gasteiger partial charge is 0.351 e. The summed E-state index contributed by atoms with van der Waals surface area (Å²) >= 11 is 5.24. The van der Waals surface area contributed by atoms with E-state index < -0.39 is 11.9 Å². The van der Waals surface area contributed by atoms with Gasteiger partial charge in [-0.2, -0.15) is 0 Å². The van der Waals surface area contributed by atoms with E-state index in [9.17, 15) is 9.59 Å². The first-order valence-electron chi connectivity index (χ1n) is 9.50. The van der Waals surface area contributed by atoms with Crippen LogP contribution in [0.2, 0.25) is 0 Å². The molecule has 0 spiro atoms. The van der Waals surface area contributed by atoms with E-state index in [1.165, 1.54) is 0 Å². The summed E-state index contributed by atoms with van der Waals surface area (Å²) in [7, 11) is 0. The van der Waals surface area contributed by atoms with E-state index >= 15 is 0 Å². The number of benzene rings is 2. The second-order valence-electron chi connectivity index (χ2n) is 6.51. The first-order chi connectivity index (χ1) is 14.1. The molecule has 0 saturated heterocycles. The average molecular weight is 415 g/mol. The van der Waals surface area contributed by atoms with Gasteiger partial charge in [0, 0.05) is 17.8 Å². The number of unbranched alkanes of at least 4 members (excludes halogenated alkanes) is 2. The van der Waals surface area contributed by atoms with Gasteiger partial charge in [0.1, 0.15) is 6.04 Å². The zero-order valence-electron chi connectivity index (χ0n) is 16.1. The normalized spacial score (nSPS) is 11.2. The predicted octanol–water partition coefficient (Wildman–Crippen LogP) is 3.44. The van der Waals surface area contributed by atoms with Crippen LogP contribution in [0, 0.1) is 0 Å². The maximum atomic E-state index is 11.9. The molecule has 2 aromatic rings. The van der Waals surface area contributed by atoms with E-state index in [0.717, 1.165) is 17.8 Å². The van der Waals surface area contributed by atoms with Crippen molar-refractivity contribution in [3.63, 3.8) is 0 Å². The van der Waals surface area contributed by atoms with Gasteiger partial charge in [0.2, 0.25) is 5.91 Å². The highest BCUT2D eigenvalue weighted by molar-refractivity contribution is 7.80. The van der Waals surface area contributed by atoms with Crippen molar-refractivity contribution in [2.24, 2.45) is 0 Å². The predicted molar refractivity (Wildman–Crippen MR) is 118 cm³/mol. The van der Waals surface area contributed by atoms with Crippen LogP contribution in [-0.4, -0.2) is 28.2 Å². The summed E-state index contributed by atoms with van der Waals surface area (Å²) in [6, 6.07) is 18.0. The maximum absolute atomic E-state index is 11.9. The zero-order valence-corrected chi connectivity index (χ0v) is 16.9. The van der Waals surface area contributed by atoms with Crippen LogP contribution in [-0.2, 0) is 9.59 Å². The summed E-state index contributed by atoms with van der Waals surface area (Å²) in [5, 5.41) is 18.0. The molecule has 0 radical (unpaired) electrons. The Bertz CT molecular complexity index is 787. The number of thiocarbonyl (C=S) groups is 1. The van der Waals surface area contributed by atoms with Crippen molar-refractivity contribution in [1.82, 2.24) is 10.8 Å². The fourth-order valence-corrected chi connectivity index (χ4v) is 3.01. The van der Waals surface area contributed by atoms with Crippen molar-refractivity contribution in [2.75, 3.05) is 10.6 Å². The van der Waals surface area contributed by atoms with Crippen molar-refractivity contribution in [3.8, 4) is 0 Å². The number of nitrogens with one attached hydrogen (secondary N) is 4. The number of amides is 2. The van der Waals surface area contributed by atoms with Crippen LogP contribution in [0.1, 0.15) is 32.1 Å². The van der Waals surface area contributed by atoms with Gasteiger partial charge in [-0.15, -0.1) is 0 Å². The number of para-hydroxylation sites is 2. The van der Waals surface area contributed by atoms with Gasteiger partial charge < -0.3 is 16.0 Å². The summed E-state index contributed by atoms with van der Waals surface area (Å²) in [5.41, 5.74) is 3.25. The molecule has 1 atom stereocenters. The zero-order chi connectivity index (χ0) is 20.9. The van der Waals surface area contributed by atoms with E-state index in [2.05, 4.69) is 16.0 Å². The molecule has 2 rings (SSSR count). The van der Waals surface area contributed by atoms with Gasteiger partial charge >= 0.3 is 0 Å². The summed E-state index contributed by atoms with van der Waals surface area (Å²) < 4.78 is 0. The lowest BCUT2D eigenvalue weighted by molar-refractivity contribution is -0.131. The molecule has 7 nitrogen and oxygen atoms in total. The third-order valence-corrected chi connectivity index (χ3v) is 4.44. The highest BCUT2D eigenvalue weighted by atomic mass is 32.1. The standard InChI is InChI=1S/C21H26N4O3S/c26-19(22-16-10-4-1-5-11-16)15-9-3-8-14-18(20(27)25-28)24-21(29)23-17-12-6-2-7-13-17/h1-2,4-7,10-13,18,28H,3,8-9,14-15H2,(H,22,26)(H,25,27)(H2,23,24,29)/t18-/m0/s1. The summed E-state index contributed by atoms with van der Waals surface area (Å²) in [5.74, 6) is -0.587. The van der Waals surface area contributed by atoms with E-state index in [1.54, 1.807) is 5.48 Å². The molecule has 0 fully saturated rings. The highest BCUT2D eigenvalue weighted by Gasteiger charge is 2.18. The Labute approximate surface area is 175 Å². The molecule has 0 bridgehead atoms. The van der Waals surface area contributed by atoms with Gasteiger partial charge in [-0.3, -0.25) is 14.8 Å². The lowest BCUT2D eigenvalue weighted by Gasteiger charge is -2.19. The second-order valence-corrected chi connectivity index (χ2v) is 6.91. The van der Waals surface area contributed by atoms with Crippen molar-refractivity contribution >= 4 is 40.5 Å². The van der Waals surface area contributed by atoms with Crippen molar-refractivity contribution in [1.29, 1.82) is 0 Å². The van der Waals surface area contributed by atoms with Crippen LogP contribution >= 0.6 is 12.2 Å². The topological polar surface area (TPSA) is 102 Å². The van der Waals surface area contributed by atoms with Crippen LogP contribution < -0.4 is 21.4 Å². The molecule has 0 aliphatic rings. The summed E-state index contributed by atoms with van der Waals surface area (Å²) in [6.45, 7) is 0. The first-order valence-corrected chi connectivity index (χ1v) is 9.90. The van der Waals surface area contributed by atoms with Gasteiger partial charge in [-0.25, -0.2) is 5.48 Å². The highest BCUT2D eigenvalue weighted by Crippen LogP contribution is 2.10. The van der Waals surface area contributed by atoms with Gasteiger partial charge in [-0.05, 0) is 49.3 Å². The molecule has 29 heavy (non-hydrogen) atoms. The molecular formula is C21H26N4O3S. The van der Waals surface area contributed by atoms with Gasteiger partial charge in [0.25, 0.3) is 5.91 Å². The smallest absolute Gasteiger partial charge is 0.265 e. The molecule has 8 heteroatoms. The molecule has 5 N–H and O–H groups in total. The fourth-order valence-electron chi connectivity index (χ4n) is 2.75. The Morgan fingerprint density at radius 3 is 2.03 bits per heavy atom. The Morgan fingerprint density at radius 2 is 1.45 bits per heavy atom. The van der Waals surface area contributed by atoms with Crippen LogP contribution in [0.4, 0.5) is 11.4 Å². The number of hydrogen-bond acceptors (Lipinski definition) is 4. The van der Waals surface area contributed by atoms with Crippen LogP contribution in [0.25, 0.3) is 0 Å². The molecule has 0 unspecified atom stereocenters. The molecular weight excluding hydrogens is 388 g/mol. The Morgan fingerprint density at radius 1 is 0.862 bits per heavy atom. The lowest BCUT2D eigenvalue weighted by Crippen LogP contribution is -2.47. The van der Waals surface area contributed by atoms with Crippen LogP contribution in [0.15, 0.2) is 60.7 Å². The van der Waals surface area contributed by atoms with Gasteiger partial charge in [0.05, 0.1) is 0 Å². The van der Waals surface area contributed by atoms with E-state index in [4.69, 9.17) is 17.4 Å². The molecule has 0 aromatic heterocycles. The average Bonchev–Trinajstić information content (AvgIpc) is 2.73. The Hall–Kier alpha value is -2.97. The fraction of sp³-hybridized carbons (Fsp3) is 0.286. The number of hydroxylamine groups is 1. The number of hydrogen-bond donors (Lipinski definition) is 5. The molecule has 2 aromatic carbocycles. The SMILES string of the molecule is O=C(CCCCC[C@H](NC(=S)Nc1ccccc1)C(=O)NO)Nc1ccccc1. The number of rotatable bonds is 10. The van der Waals surface area contributed by atoms with Crippen LogP contribution in [0.5, 0.6) is 0 Å². The minimum atomic E-state index is -0.665. The monoisotopic (exact) mass is 414 g/mol. The van der Waals surface area contributed by atoms with Gasteiger partial charge in [0.15, 0.2) is 5.11 Å². The van der Waals surface area contributed by atoms with Crippen molar-refractivity contribution in [3.05, 3.63) is 60.7 Å². The lowest BCUT2D eigenvalue weighted by atomic mass is 10.1.